The molecule has 2 heterocycles. The molecule has 2 amide bonds. The van der Waals surface area contributed by atoms with Crippen LogP contribution in [0.25, 0.3) is 0 Å². The number of carbonyl (C=O) groups is 2. The maximum Gasteiger partial charge on any atom is 0.254 e. The molecule has 7 nitrogen and oxygen atoms in total. The first-order valence-electron chi connectivity index (χ1n) is 12.8. The van der Waals surface area contributed by atoms with E-state index in [1.165, 1.54) is 24.0 Å². The molecule has 2 saturated heterocycles. The van der Waals surface area contributed by atoms with E-state index in [9.17, 15) is 9.59 Å². The number of rotatable bonds is 7. The van der Waals surface area contributed by atoms with Crippen molar-refractivity contribution in [2.75, 3.05) is 39.8 Å². The van der Waals surface area contributed by atoms with Crippen LogP contribution >= 0.6 is 0 Å². The van der Waals surface area contributed by atoms with Crippen LogP contribution in [0.1, 0.15) is 40.7 Å². The van der Waals surface area contributed by atoms with Crippen LogP contribution in [-0.2, 0) is 11.3 Å². The SMILES string of the molecule is COc1cccc(C(=O)N2CC(N(Cc3ccccc3C)C3CC3)CC2C(=O)N2CCNCC2)c1. The molecule has 2 aromatic carbocycles. The highest BCUT2D eigenvalue weighted by Crippen LogP contribution is 2.36. The summed E-state index contributed by atoms with van der Waals surface area (Å²) < 4.78 is 5.35. The third-order valence-corrected chi connectivity index (χ3v) is 7.67. The Morgan fingerprint density at radius 1 is 1.06 bits per heavy atom. The second-order valence-electron chi connectivity index (χ2n) is 10.0. The molecule has 35 heavy (non-hydrogen) atoms. The summed E-state index contributed by atoms with van der Waals surface area (Å²) in [6.45, 7) is 6.57. The number of carbonyl (C=O) groups excluding carboxylic acids is 2. The Labute approximate surface area is 208 Å². The fourth-order valence-electron chi connectivity index (χ4n) is 5.48. The van der Waals surface area contributed by atoms with Crippen molar-refractivity contribution in [1.82, 2.24) is 20.0 Å². The van der Waals surface area contributed by atoms with Gasteiger partial charge in [-0.05, 0) is 55.5 Å². The lowest BCUT2D eigenvalue weighted by molar-refractivity contribution is -0.135. The van der Waals surface area contributed by atoms with Gasteiger partial charge in [-0.3, -0.25) is 14.5 Å². The van der Waals surface area contributed by atoms with E-state index in [1.54, 1.807) is 13.2 Å². The molecule has 0 aromatic heterocycles. The van der Waals surface area contributed by atoms with E-state index in [4.69, 9.17) is 4.74 Å². The van der Waals surface area contributed by atoms with Crippen molar-refractivity contribution in [3.8, 4) is 5.75 Å². The van der Waals surface area contributed by atoms with E-state index in [0.29, 0.717) is 43.4 Å². The van der Waals surface area contributed by atoms with E-state index in [0.717, 1.165) is 19.6 Å². The fraction of sp³-hybridized carbons (Fsp3) is 0.500. The summed E-state index contributed by atoms with van der Waals surface area (Å²) in [4.78, 5) is 33.8. The molecule has 1 aliphatic carbocycles. The predicted octanol–water partition coefficient (Wildman–Crippen LogP) is 2.68. The topological polar surface area (TPSA) is 65.1 Å². The number of methoxy groups -OCH3 is 1. The lowest BCUT2D eigenvalue weighted by atomic mass is 10.1. The van der Waals surface area contributed by atoms with Gasteiger partial charge in [0.1, 0.15) is 11.8 Å². The molecular weight excluding hydrogens is 440 g/mol. The number of piperazine rings is 1. The summed E-state index contributed by atoms with van der Waals surface area (Å²) in [6.07, 6.45) is 3.05. The zero-order valence-corrected chi connectivity index (χ0v) is 20.8. The number of likely N-dealkylation sites (tertiary alicyclic amines) is 1. The molecule has 186 valence electrons. The first-order chi connectivity index (χ1) is 17.0. The molecule has 2 unspecified atom stereocenters. The Hall–Kier alpha value is -2.90. The highest BCUT2D eigenvalue weighted by Gasteiger charge is 2.46. The molecular formula is C28H36N4O3. The Balaban J connectivity index is 1.42. The van der Waals surface area contributed by atoms with Gasteiger partial charge in [-0.15, -0.1) is 0 Å². The van der Waals surface area contributed by atoms with Gasteiger partial charge in [-0.1, -0.05) is 30.3 Å². The third kappa shape index (κ3) is 5.21. The lowest BCUT2D eigenvalue weighted by Gasteiger charge is -2.32. The zero-order chi connectivity index (χ0) is 24.4. The number of hydrogen-bond acceptors (Lipinski definition) is 5. The zero-order valence-electron chi connectivity index (χ0n) is 20.8. The summed E-state index contributed by atoms with van der Waals surface area (Å²) in [7, 11) is 1.60. The molecule has 3 fully saturated rings. The number of nitrogens with one attached hydrogen (secondary N) is 1. The number of hydrogen-bond donors (Lipinski definition) is 1. The van der Waals surface area contributed by atoms with Crippen LogP contribution in [0, 0.1) is 6.92 Å². The number of ether oxygens (including phenoxy) is 1. The Bertz CT molecular complexity index is 1060. The second kappa shape index (κ2) is 10.4. The molecule has 1 saturated carbocycles. The second-order valence-corrected chi connectivity index (χ2v) is 10.0. The minimum Gasteiger partial charge on any atom is -0.497 e. The van der Waals surface area contributed by atoms with Gasteiger partial charge in [-0.25, -0.2) is 0 Å². The molecule has 2 aliphatic heterocycles. The molecule has 3 aliphatic rings. The van der Waals surface area contributed by atoms with Crippen molar-refractivity contribution in [2.45, 2.75) is 50.9 Å². The summed E-state index contributed by atoms with van der Waals surface area (Å²) in [5.41, 5.74) is 3.18. The van der Waals surface area contributed by atoms with Gasteiger partial charge in [0.25, 0.3) is 5.91 Å². The summed E-state index contributed by atoms with van der Waals surface area (Å²) in [5.74, 6) is 0.638. The van der Waals surface area contributed by atoms with Crippen LogP contribution in [0.4, 0.5) is 0 Å². The van der Waals surface area contributed by atoms with Crippen LogP contribution in [0.2, 0.25) is 0 Å². The van der Waals surface area contributed by atoms with E-state index in [2.05, 4.69) is 41.4 Å². The van der Waals surface area contributed by atoms with E-state index >= 15 is 0 Å². The minimum atomic E-state index is -0.435. The average Bonchev–Trinajstić information content (AvgIpc) is 3.65. The fourth-order valence-corrected chi connectivity index (χ4v) is 5.48. The van der Waals surface area contributed by atoms with Crippen molar-refractivity contribution < 1.29 is 14.3 Å². The molecule has 0 spiro atoms. The van der Waals surface area contributed by atoms with Crippen LogP contribution < -0.4 is 10.1 Å². The van der Waals surface area contributed by atoms with Crippen molar-refractivity contribution >= 4 is 11.8 Å². The monoisotopic (exact) mass is 476 g/mol. The number of benzene rings is 2. The predicted molar refractivity (Wildman–Crippen MR) is 135 cm³/mol. The van der Waals surface area contributed by atoms with Crippen LogP contribution in [0.15, 0.2) is 48.5 Å². The summed E-state index contributed by atoms with van der Waals surface area (Å²) in [6, 6.07) is 16.0. The van der Waals surface area contributed by atoms with E-state index in [-0.39, 0.29) is 17.9 Å². The number of amides is 2. The standard InChI is InChI=1S/C28H36N4O3/c1-20-6-3-4-7-22(20)18-31(23-10-11-23)24-17-26(28(34)30-14-12-29-13-15-30)32(19-24)27(33)21-8-5-9-25(16-21)35-2/h3-9,16,23-24,26,29H,10-15,17-19H2,1-2H3. The van der Waals surface area contributed by atoms with Gasteiger partial charge in [0.05, 0.1) is 7.11 Å². The van der Waals surface area contributed by atoms with Crippen LogP contribution in [0.3, 0.4) is 0 Å². The van der Waals surface area contributed by atoms with Crippen molar-refractivity contribution in [3.05, 3.63) is 65.2 Å². The molecule has 5 rings (SSSR count). The van der Waals surface area contributed by atoms with Gasteiger partial charge in [0.15, 0.2) is 0 Å². The molecule has 1 N–H and O–H groups in total. The maximum atomic E-state index is 13.7. The van der Waals surface area contributed by atoms with Gasteiger partial charge < -0.3 is 19.9 Å². The smallest absolute Gasteiger partial charge is 0.254 e. The van der Waals surface area contributed by atoms with Gasteiger partial charge in [0.2, 0.25) is 5.91 Å². The van der Waals surface area contributed by atoms with Crippen molar-refractivity contribution in [1.29, 1.82) is 0 Å². The highest BCUT2D eigenvalue weighted by atomic mass is 16.5. The minimum absolute atomic E-state index is 0.0804. The molecule has 2 atom stereocenters. The van der Waals surface area contributed by atoms with E-state index < -0.39 is 6.04 Å². The first kappa shape index (κ1) is 23.8. The van der Waals surface area contributed by atoms with Crippen LogP contribution in [0.5, 0.6) is 5.75 Å². The highest BCUT2D eigenvalue weighted by molar-refractivity contribution is 5.98. The van der Waals surface area contributed by atoms with Gasteiger partial charge >= 0.3 is 0 Å². The molecule has 0 bridgehead atoms. The molecule has 0 radical (unpaired) electrons. The maximum absolute atomic E-state index is 13.7. The molecule has 2 aromatic rings. The largest absolute Gasteiger partial charge is 0.497 e. The average molecular weight is 477 g/mol. The van der Waals surface area contributed by atoms with Crippen molar-refractivity contribution in [2.24, 2.45) is 0 Å². The number of nitrogens with zero attached hydrogens (tertiary/aromatic N) is 3. The lowest BCUT2D eigenvalue weighted by Crippen LogP contribution is -2.53. The third-order valence-electron chi connectivity index (χ3n) is 7.67. The first-order valence-corrected chi connectivity index (χ1v) is 12.8. The Kier molecular flexibility index (Phi) is 7.07. The normalized spacial score (nSPS) is 22.5. The molecule has 7 heteroatoms. The van der Waals surface area contributed by atoms with Gasteiger partial charge in [-0.2, -0.15) is 0 Å². The Morgan fingerprint density at radius 3 is 2.54 bits per heavy atom. The van der Waals surface area contributed by atoms with Crippen LogP contribution in [-0.4, -0.2) is 84.5 Å². The number of aryl methyl sites for hydroxylation is 1. The summed E-state index contributed by atoms with van der Waals surface area (Å²) >= 11 is 0. The van der Waals surface area contributed by atoms with Crippen molar-refractivity contribution in [3.63, 3.8) is 0 Å². The Morgan fingerprint density at radius 2 is 1.83 bits per heavy atom. The van der Waals surface area contributed by atoms with E-state index in [1.807, 2.05) is 28.0 Å². The van der Waals surface area contributed by atoms with Gasteiger partial charge in [0, 0.05) is 56.9 Å². The quantitative estimate of drug-likeness (QED) is 0.666. The summed E-state index contributed by atoms with van der Waals surface area (Å²) in [5, 5.41) is 3.32.